The smallest absolute Gasteiger partial charge is 0.191 e. The second-order valence-electron chi connectivity index (χ2n) is 7.23. The number of methoxy groups -OCH3 is 1. The van der Waals surface area contributed by atoms with Crippen molar-refractivity contribution >= 4 is 29.9 Å². The topological polar surface area (TPSA) is 52.1 Å². The van der Waals surface area contributed by atoms with Gasteiger partial charge in [0.2, 0.25) is 0 Å². The third-order valence-electron chi connectivity index (χ3n) is 4.99. The standard InChI is InChI=1S/C20H35N5O.HI/c1-7-21-20(22-13-17-14-24(4)10-11-25(17)5)23-16(3)18-12-15(2)8-9-19(18)26-6;/h8-9,12,16-17H,7,10-11,13-14H2,1-6H3,(H2,21,22,23);1H. The first kappa shape index (κ1) is 24.0. The number of aryl methyl sites for hydroxylation is 1. The van der Waals surface area contributed by atoms with E-state index in [-0.39, 0.29) is 30.0 Å². The Bertz CT molecular complexity index is 610. The Hall–Kier alpha value is -1.06. The summed E-state index contributed by atoms with van der Waals surface area (Å²) in [6.07, 6.45) is 0. The summed E-state index contributed by atoms with van der Waals surface area (Å²) in [5, 5.41) is 6.90. The van der Waals surface area contributed by atoms with Crippen LogP contribution in [0.25, 0.3) is 0 Å². The normalized spacial score (nSPS) is 19.9. The van der Waals surface area contributed by atoms with Gasteiger partial charge >= 0.3 is 0 Å². The molecule has 2 rings (SSSR count). The summed E-state index contributed by atoms with van der Waals surface area (Å²) in [5.74, 6) is 1.75. The maximum atomic E-state index is 5.53. The molecule has 154 valence electrons. The van der Waals surface area contributed by atoms with Crippen LogP contribution in [0.4, 0.5) is 0 Å². The molecule has 0 aromatic heterocycles. The van der Waals surface area contributed by atoms with Gasteiger partial charge in [-0.1, -0.05) is 17.7 Å². The lowest BCUT2D eigenvalue weighted by Crippen LogP contribution is -2.51. The average Bonchev–Trinajstić information content (AvgIpc) is 2.62. The van der Waals surface area contributed by atoms with E-state index in [2.05, 4.69) is 67.4 Å². The van der Waals surface area contributed by atoms with Crippen molar-refractivity contribution in [2.45, 2.75) is 32.9 Å². The molecule has 0 amide bonds. The molecule has 0 aliphatic carbocycles. The molecule has 0 spiro atoms. The molecule has 0 radical (unpaired) electrons. The lowest BCUT2D eigenvalue weighted by atomic mass is 10.0. The molecular formula is C20H36IN5O. The van der Waals surface area contributed by atoms with Crippen LogP contribution in [0.15, 0.2) is 23.2 Å². The summed E-state index contributed by atoms with van der Waals surface area (Å²) < 4.78 is 5.53. The van der Waals surface area contributed by atoms with Crippen molar-refractivity contribution in [3.05, 3.63) is 29.3 Å². The number of nitrogens with one attached hydrogen (secondary N) is 2. The Kier molecular flexibility index (Phi) is 10.4. The second-order valence-corrected chi connectivity index (χ2v) is 7.23. The third-order valence-corrected chi connectivity index (χ3v) is 4.99. The van der Waals surface area contributed by atoms with E-state index in [0.717, 1.165) is 50.0 Å². The van der Waals surface area contributed by atoms with Crippen molar-refractivity contribution in [1.29, 1.82) is 0 Å². The van der Waals surface area contributed by atoms with Gasteiger partial charge in [0.25, 0.3) is 0 Å². The summed E-state index contributed by atoms with van der Waals surface area (Å²) in [6.45, 7) is 11.2. The number of likely N-dealkylation sites (N-methyl/N-ethyl adjacent to an activating group) is 2. The van der Waals surface area contributed by atoms with Crippen molar-refractivity contribution in [2.75, 3.05) is 53.9 Å². The van der Waals surface area contributed by atoms with E-state index >= 15 is 0 Å². The van der Waals surface area contributed by atoms with Crippen molar-refractivity contribution in [1.82, 2.24) is 20.4 Å². The molecule has 1 saturated heterocycles. The minimum atomic E-state index is 0. The predicted molar refractivity (Wildman–Crippen MR) is 125 cm³/mol. The van der Waals surface area contributed by atoms with E-state index in [1.165, 1.54) is 5.56 Å². The number of hydrogen-bond donors (Lipinski definition) is 2. The van der Waals surface area contributed by atoms with Gasteiger partial charge in [-0.15, -0.1) is 24.0 Å². The number of benzene rings is 1. The van der Waals surface area contributed by atoms with Crippen LogP contribution in [-0.2, 0) is 0 Å². The van der Waals surface area contributed by atoms with Crippen LogP contribution >= 0.6 is 24.0 Å². The Morgan fingerprint density at radius 1 is 1.33 bits per heavy atom. The third kappa shape index (κ3) is 7.12. The largest absolute Gasteiger partial charge is 0.496 e. The van der Waals surface area contributed by atoms with Crippen molar-refractivity contribution < 1.29 is 4.74 Å². The highest BCUT2D eigenvalue weighted by molar-refractivity contribution is 14.0. The molecule has 1 heterocycles. The number of aliphatic imine (C=N–C) groups is 1. The molecule has 1 aromatic rings. The van der Waals surface area contributed by atoms with Crippen molar-refractivity contribution in [2.24, 2.45) is 4.99 Å². The summed E-state index contributed by atoms with van der Waals surface area (Å²) in [6, 6.07) is 6.83. The number of halogens is 1. The SMILES string of the molecule is CCNC(=NCC1CN(C)CCN1C)NC(C)c1cc(C)ccc1OC.I. The highest BCUT2D eigenvalue weighted by Crippen LogP contribution is 2.25. The van der Waals surface area contributed by atoms with E-state index in [1.807, 2.05) is 6.07 Å². The number of ether oxygens (including phenoxy) is 1. The van der Waals surface area contributed by atoms with Gasteiger partial charge in [-0.3, -0.25) is 9.89 Å². The Morgan fingerprint density at radius 3 is 2.74 bits per heavy atom. The van der Waals surface area contributed by atoms with Gasteiger partial charge in [-0.05, 0) is 40.9 Å². The molecular weight excluding hydrogens is 453 g/mol. The zero-order valence-corrected chi connectivity index (χ0v) is 19.9. The minimum Gasteiger partial charge on any atom is -0.496 e. The lowest BCUT2D eigenvalue weighted by molar-refractivity contribution is 0.119. The fourth-order valence-corrected chi connectivity index (χ4v) is 3.29. The first-order valence-corrected chi connectivity index (χ1v) is 9.52. The molecule has 1 aliphatic rings. The van der Waals surface area contributed by atoms with E-state index in [1.54, 1.807) is 7.11 Å². The number of nitrogens with zero attached hydrogens (tertiary/aromatic N) is 3. The Morgan fingerprint density at radius 2 is 2.07 bits per heavy atom. The molecule has 1 aromatic carbocycles. The first-order chi connectivity index (χ1) is 12.4. The van der Waals surface area contributed by atoms with E-state index < -0.39 is 0 Å². The minimum absolute atomic E-state index is 0. The number of guanidine groups is 1. The zero-order valence-electron chi connectivity index (χ0n) is 17.6. The number of hydrogen-bond acceptors (Lipinski definition) is 4. The highest BCUT2D eigenvalue weighted by Gasteiger charge is 2.22. The van der Waals surface area contributed by atoms with E-state index in [9.17, 15) is 0 Å². The average molecular weight is 489 g/mol. The molecule has 7 heteroatoms. The van der Waals surface area contributed by atoms with Crippen LogP contribution < -0.4 is 15.4 Å². The zero-order chi connectivity index (χ0) is 19.1. The fraction of sp³-hybridized carbons (Fsp3) is 0.650. The van der Waals surface area contributed by atoms with Gasteiger partial charge in [-0.2, -0.15) is 0 Å². The molecule has 27 heavy (non-hydrogen) atoms. The maximum absolute atomic E-state index is 5.53. The van der Waals surface area contributed by atoms with Crippen LogP contribution in [-0.4, -0.2) is 75.7 Å². The molecule has 2 N–H and O–H groups in total. The van der Waals surface area contributed by atoms with Crippen LogP contribution in [0.2, 0.25) is 0 Å². The number of rotatable bonds is 6. The summed E-state index contributed by atoms with van der Waals surface area (Å²) >= 11 is 0. The monoisotopic (exact) mass is 489 g/mol. The Labute approximate surface area is 181 Å². The van der Waals surface area contributed by atoms with Crippen LogP contribution in [0.3, 0.4) is 0 Å². The van der Waals surface area contributed by atoms with Gasteiger partial charge in [0.1, 0.15) is 5.75 Å². The highest BCUT2D eigenvalue weighted by atomic mass is 127. The summed E-state index contributed by atoms with van der Waals surface area (Å²) in [5.41, 5.74) is 2.37. The van der Waals surface area contributed by atoms with Gasteiger partial charge in [0.15, 0.2) is 5.96 Å². The predicted octanol–water partition coefficient (Wildman–Crippen LogP) is 2.48. The summed E-state index contributed by atoms with van der Waals surface area (Å²) in [7, 11) is 6.09. The van der Waals surface area contributed by atoms with Gasteiger partial charge in [0, 0.05) is 37.8 Å². The van der Waals surface area contributed by atoms with Crippen LogP contribution in [0.5, 0.6) is 5.75 Å². The van der Waals surface area contributed by atoms with Crippen molar-refractivity contribution in [3.8, 4) is 5.75 Å². The fourth-order valence-electron chi connectivity index (χ4n) is 3.29. The van der Waals surface area contributed by atoms with Crippen molar-refractivity contribution in [3.63, 3.8) is 0 Å². The van der Waals surface area contributed by atoms with E-state index in [0.29, 0.717) is 6.04 Å². The van der Waals surface area contributed by atoms with Gasteiger partial charge in [0.05, 0.1) is 19.7 Å². The van der Waals surface area contributed by atoms with E-state index in [4.69, 9.17) is 9.73 Å². The van der Waals surface area contributed by atoms with Gasteiger partial charge < -0.3 is 20.3 Å². The molecule has 2 unspecified atom stereocenters. The molecule has 0 saturated carbocycles. The molecule has 0 bridgehead atoms. The quantitative estimate of drug-likeness (QED) is 0.366. The molecule has 6 nitrogen and oxygen atoms in total. The van der Waals surface area contributed by atoms with Crippen LogP contribution in [0.1, 0.15) is 31.0 Å². The Balaban J connectivity index is 0.00000364. The lowest BCUT2D eigenvalue weighted by Gasteiger charge is -2.37. The summed E-state index contributed by atoms with van der Waals surface area (Å²) in [4.78, 5) is 9.63. The maximum Gasteiger partial charge on any atom is 0.191 e. The number of piperazine rings is 1. The van der Waals surface area contributed by atoms with Gasteiger partial charge in [-0.25, -0.2) is 0 Å². The molecule has 1 fully saturated rings. The second kappa shape index (κ2) is 11.7. The molecule has 2 atom stereocenters. The molecule has 1 aliphatic heterocycles. The first-order valence-electron chi connectivity index (χ1n) is 9.52. The van der Waals surface area contributed by atoms with Crippen LogP contribution in [0, 0.1) is 6.92 Å².